The van der Waals surface area contributed by atoms with E-state index in [-0.39, 0.29) is 37.2 Å². The third kappa shape index (κ3) is 5.85. The van der Waals surface area contributed by atoms with Gasteiger partial charge in [-0.2, -0.15) is 0 Å². The maximum Gasteiger partial charge on any atom is 0.312 e. The topological polar surface area (TPSA) is 156 Å². The van der Waals surface area contributed by atoms with Gasteiger partial charge in [0.25, 0.3) is 15.9 Å². The number of nitro benzene ring substituents is 1. The van der Waals surface area contributed by atoms with Crippen LogP contribution < -0.4 is 9.46 Å². The number of aliphatic hydroxyl groups is 1. The smallest absolute Gasteiger partial charge is 0.312 e. The minimum atomic E-state index is -4.44. The molecule has 0 aromatic heterocycles. The molecular weight excluding hydrogens is 473 g/mol. The Hall–Kier alpha value is -3.58. The summed E-state index contributed by atoms with van der Waals surface area (Å²) in [6.07, 6.45) is -0.185. The third-order valence-electron chi connectivity index (χ3n) is 5.33. The van der Waals surface area contributed by atoms with Gasteiger partial charge in [-0.15, -0.1) is 0 Å². The van der Waals surface area contributed by atoms with Crippen LogP contribution in [0.15, 0.2) is 53.4 Å². The highest BCUT2D eigenvalue weighted by Gasteiger charge is 2.37. The highest BCUT2D eigenvalue weighted by atomic mass is 32.2. The number of nitrogens with one attached hydrogen (secondary N) is 1. The summed E-state index contributed by atoms with van der Waals surface area (Å²) in [6, 6.07) is 10.3. The lowest BCUT2D eigenvalue weighted by Gasteiger charge is -2.35. The Morgan fingerprint density at radius 1 is 1.18 bits per heavy atom. The maximum absolute atomic E-state index is 15.1. The second-order valence-corrected chi connectivity index (χ2v) is 9.35. The molecule has 1 saturated heterocycles. The highest BCUT2D eigenvalue weighted by Crippen LogP contribution is 2.33. The summed E-state index contributed by atoms with van der Waals surface area (Å²) in [4.78, 5) is 35.1. The number of sulfonamides is 1. The summed E-state index contributed by atoms with van der Waals surface area (Å²) in [5.41, 5.74) is -2.50. The molecule has 0 aliphatic carbocycles. The first-order valence-corrected chi connectivity index (χ1v) is 11.6. The molecule has 11 nitrogen and oxygen atoms in total. The zero-order valence-corrected chi connectivity index (χ0v) is 18.7. The van der Waals surface area contributed by atoms with Crippen LogP contribution in [0, 0.1) is 10.1 Å². The molecule has 2 N–H and O–H groups in total. The van der Waals surface area contributed by atoms with E-state index in [9.17, 15) is 28.1 Å². The zero-order valence-electron chi connectivity index (χ0n) is 17.8. The summed E-state index contributed by atoms with van der Waals surface area (Å²) < 4.78 is 47.4. The lowest BCUT2D eigenvalue weighted by atomic mass is 9.94. The van der Waals surface area contributed by atoms with E-state index in [1.165, 1.54) is 17.0 Å². The quantitative estimate of drug-likeness (QED) is 0.411. The largest absolute Gasteiger partial charge is 0.483 e. The molecule has 182 valence electrons. The van der Waals surface area contributed by atoms with Gasteiger partial charge in [-0.3, -0.25) is 19.7 Å². The van der Waals surface area contributed by atoms with Gasteiger partial charge in [-0.05, 0) is 24.3 Å². The summed E-state index contributed by atoms with van der Waals surface area (Å²) in [5.74, 6) is -1.77. The van der Waals surface area contributed by atoms with E-state index in [4.69, 9.17) is 9.84 Å². The van der Waals surface area contributed by atoms with Crippen LogP contribution in [-0.2, 0) is 14.8 Å². The molecule has 2 aromatic rings. The molecule has 0 radical (unpaired) electrons. The van der Waals surface area contributed by atoms with Crippen LogP contribution in [0.2, 0.25) is 0 Å². The van der Waals surface area contributed by atoms with Gasteiger partial charge in [-0.25, -0.2) is 17.5 Å². The first-order valence-electron chi connectivity index (χ1n) is 10.2. The second-order valence-electron chi connectivity index (χ2n) is 7.67. The van der Waals surface area contributed by atoms with Crippen LogP contribution in [0.25, 0.3) is 0 Å². The number of nitro groups is 1. The van der Waals surface area contributed by atoms with Crippen molar-refractivity contribution < 1.29 is 37.2 Å². The minimum absolute atomic E-state index is 0.0552. The molecule has 2 aromatic carbocycles. The van der Waals surface area contributed by atoms with E-state index in [1.54, 1.807) is 18.2 Å². The molecule has 34 heavy (non-hydrogen) atoms. The number of ether oxygens (including phenoxy) is 1. The number of carbonyl (C=O) groups excluding carboxylic acids is 2. The number of alkyl halides is 1. The lowest BCUT2D eigenvalue weighted by molar-refractivity contribution is -0.386. The average Bonchev–Trinajstić information content (AvgIpc) is 2.83. The molecule has 0 saturated carbocycles. The number of carbonyl (C=O) groups is 2. The fourth-order valence-corrected chi connectivity index (χ4v) is 4.36. The summed E-state index contributed by atoms with van der Waals surface area (Å²) in [7, 11) is -4.44. The standard InChI is InChI=1S/C21H22FN3O8S/c22-21(8-10-24(11-9-21)19(27)13-26)14-33-18-7-6-16(12-17(18)25(29)30)34(31,32)23-20(28)15-4-2-1-3-5-15/h1-7,12,26H,8-11,13-14H2,(H,23,28). The first-order chi connectivity index (χ1) is 16.0. The molecule has 1 heterocycles. The number of rotatable bonds is 8. The van der Waals surface area contributed by atoms with Crippen LogP contribution in [0.5, 0.6) is 5.75 Å². The molecule has 0 spiro atoms. The Kier molecular flexibility index (Phi) is 7.47. The van der Waals surface area contributed by atoms with E-state index >= 15 is 4.39 Å². The maximum atomic E-state index is 15.1. The average molecular weight is 495 g/mol. The Bertz CT molecular complexity index is 1180. The van der Waals surface area contributed by atoms with Gasteiger partial charge in [0, 0.05) is 37.6 Å². The first kappa shape index (κ1) is 25.1. The Balaban J connectivity index is 1.72. The van der Waals surface area contributed by atoms with Crippen molar-refractivity contribution >= 4 is 27.5 Å². The van der Waals surface area contributed by atoms with Gasteiger partial charge < -0.3 is 14.7 Å². The second kappa shape index (κ2) is 10.1. The van der Waals surface area contributed by atoms with Crippen molar-refractivity contribution in [1.82, 2.24) is 9.62 Å². The molecule has 0 bridgehead atoms. The molecule has 0 unspecified atom stereocenters. The van der Waals surface area contributed by atoms with Crippen molar-refractivity contribution in [1.29, 1.82) is 0 Å². The number of hydrogen-bond acceptors (Lipinski definition) is 8. The van der Waals surface area contributed by atoms with Gasteiger partial charge >= 0.3 is 5.69 Å². The highest BCUT2D eigenvalue weighted by molar-refractivity contribution is 7.90. The van der Waals surface area contributed by atoms with E-state index in [0.717, 1.165) is 18.2 Å². The molecule has 1 aliphatic heterocycles. The van der Waals surface area contributed by atoms with E-state index in [1.807, 2.05) is 4.72 Å². The summed E-state index contributed by atoms with van der Waals surface area (Å²) in [5, 5.41) is 20.4. The van der Waals surface area contributed by atoms with Crippen LogP contribution in [-0.4, -0.2) is 67.1 Å². The van der Waals surface area contributed by atoms with E-state index in [0.29, 0.717) is 0 Å². The van der Waals surface area contributed by atoms with Crippen molar-refractivity contribution in [2.45, 2.75) is 23.4 Å². The third-order valence-corrected chi connectivity index (χ3v) is 6.66. The SMILES string of the molecule is O=C(NS(=O)(=O)c1ccc(OCC2(F)CCN(C(=O)CO)CC2)c([N+](=O)[O-])c1)c1ccccc1. The normalized spacial score (nSPS) is 15.4. The van der Waals surface area contributed by atoms with Crippen molar-refractivity contribution in [3.63, 3.8) is 0 Å². The number of benzene rings is 2. The number of aliphatic hydroxyl groups excluding tert-OH is 1. The summed E-state index contributed by atoms with van der Waals surface area (Å²) >= 11 is 0. The molecule has 1 aliphatic rings. The van der Waals surface area contributed by atoms with Gasteiger partial charge in [0.15, 0.2) is 5.75 Å². The number of likely N-dealkylation sites (tertiary alicyclic amines) is 1. The molecule has 3 rings (SSSR count). The van der Waals surface area contributed by atoms with Gasteiger partial charge in [0.2, 0.25) is 5.91 Å². The fraction of sp³-hybridized carbons (Fsp3) is 0.333. The zero-order chi connectivity index (χ0) is 24.9. The van der Waals surface area contributed by atoms with Crippen molar-refractivity contribution in [2.75, 3.05) is 26.3 Å². The predicted molar refractivity (Wildman–Crippen MR) is 116 cm³/mol. The monoisotopic (exact) mass is 495 g/mol. The molecule has 1 fully saturated rings. The predicted octanol–water partition coefficient (Wildman–Crippen LogP) is 1.42. The number of piperidine rings is 1. The van der Waals surface area contributed by atoms with Crippen LogP contribution in [0.3, 0.4) is 0 Å². The minimum Gasteiger partial charge on any atom is -0.483 e. The van der Waals surface area contributed by atoms with Crippen molar-refractivity contribution in [3.8, 4) is 5.75 Å². The van der Waals surface area contributed by atoms with Gasteiger partial charge in [0.1, 0.15) is 18.9 Å². The fourth-order valence-electron chi connectivity index (χ4n) is 3.37. The number of amides is 2. The van der Waals surface area contributed by atoms with Gasteiger partial charge in [0.05, 0.1) is 9.82 Å². The summed E-state index contributed by atoms with van der Waals surface area (Å²) in [6.45, 7) is -1.12. The van der Waals surface area contributed by atoms with Crippen LogP contribution in [0.1, 0.15) is 23.2 Å². The van der Waals surface area contributed by atoms with E-state index < -0.39 is 56.2 Å². The lowest BCUT2D eigenvalue weighted by Crippen LogP contribution is -2.47. The van der Waals surface area contributed by atoms with Crippen LogP contribution in [0.4, 0.5) is 10.1 Å². The molecule has 2 amide bonds. The van der Waals surface area contributed by atoms with Crippen molar-refractivity contribution in [2.24, 2.45) is 0 Å². The molecular formula is C21H22FN3O8S. The number of hydrogen-bond donors (Lipinski definition) is 2. The van der Waals surface area contributed by atoms with Gasteiger partial charge in [-0.1, -0.05) is 18.2 Å². The number of nitrogens with zero attached hydrogens (tertiary/aromatic N) is 2. The van der Waals surface area contributed by atoms with Crippen molar-refractivity contribution in [3.05, 3.63) is 64.2 Å². The molecule has 13 heteroatoms. The molecule has 0 atom stereocenters. The van der Waals surface area contributed by atoms with Crippen LogP contribution >= 0.6 is 0 Å². The Morgan fingerprint density at radius 3 is 2.41 bits per heavy atom. The van der Waals surface area contributed by atoms with E-state index in [2.05, 4.69) is 0 Å². The Morgan fingerprint density at radius 2 is 1.82 bits per heavy atom. The number of halogens is 1. The Labute approximate surface area is 194 Å².